The van der Waals surface area contributed by atoms with Crippen LogP contribution in [-0.4, -0.2) is 16.9 Å². The molecule has 0 bridgehead atoms. The van der Waals surface area contributed by atoms with Crippen molar-refractivity contribution in [3.05, 3.63) is 35.6 Å². The number of hydrogen-bond acceptors (Lipinski definition) is 2. The van der Waals surface area contributed by atoms with Crippen molar-refractivity contribution in [3.63, 3.8) is 0 Å². The van der Waals surface area contributed by atoms with Gasteiger partial charge in [-0.05, 0) is 44.1 Å². The maximum atomic E-state index is 13.1. The molecule has 5 heteroatoms. The predicted octanol–water partition coefficient (Wildman–Crippen LogP) is 3.35. The van der Waals surface area contributed by atoms with E-state index in [0.717, 1.165) is 18.4 Å². The Morgan fingerprint density at radius 2 is 2.05 bits per heavy atom. The molecule has 0 atom stereocenters. The van der Waals surface area contributed by atoms with Crippen LogP contribution in [-0.2, 0) is 0 Å². The van der Waals surface area contributed by atoms with E-state index in [0.29, 0.717) is 16.9 Å². The highest BCUT2D eigenvalue weighted by atomic mass is 32.1. The number of thiocarbonyl (C=S) groups is 1. The van der Waals surface area contributed by atoms with Crippen LogP contribution in [0.25, 0.3) is 0 Å². The van der Waals surface area contributed by atoms with Gasteiger partial charge < -0.3 is 5.32 Å². The lowest BCUT2D eigenvalue weighted by atomic mass is 9.96. The van der Waals surface area contributed by atoms with Crippen molar-refractivity contribution in [3.8, 4) is 0 Å². The van der Waals surface area contributed by atoms with Gasteiger partial charge in [0.05, 0.1) is 5.71 Å². The average Bonchev–Trinajstić information content (AvgIpc) is 2.46. The van der Waals surface area contributed by atoms with Gasteiger partial charge in [-0.25, -0.2) is 4.39 Å². The zero-order valence-electron chi connectivity index (χ0n) is 11.7. The molecule has 0 aromatic heterocycles. The molecule has 20 heavy (non-hydrogen) atoms. The second-order valence-corrected chi connectivity index (χ2v) is 5.54. The first-order chi connectivity index (χ1) is 9.65. The number of hydrazone groups is 1. The van der Waals surface area contributed by atoms with E-state index in [1.807, 2.05) is 13.0 Å². The van der Waals surface area contributed by atoms with Gasteiger partial charge in [0, 0.05) is 11.6 Å². The molecule has 108 valence electrons. The van der Waals surface area contributed by atoms with E-state index in [-0.39, 0.29) is 5.82 Å². The molecule has 1 aliphatic carbocycles. The smallest absolute Gasteiger partial charge is 0.187 e. The van der Waals surface area contributed by atoms with Gasteiger partial charge in [-0.3, -0.25) is 5.43 Å². The quantitative estimate of drug-likeness (QED) is 0.510. The Bertz CT molecular complexity index is 496. The highest BCUT2D eigenvalue weighted by Crippen LogP contribution is 2.17. The number of nitrogens with one attached hydrogen (secondary N) is 2. The van der Waals surface area contributed by atoms with Crippen molar-refractivity contribution in [1.82, 2.24) is 10.7 Å². The third-order valence-electron chi connectivity index (χ3n) is 3.51. The number of halogens is 1. The summed E-state index contributed by atoms with van der Waals surface area (Å²) in [6.45, 7) is 1.82. The van der Waals surface area contributed by atoms with Crippen molar-refractivity contribution < 1.29 is 4.39 Å². The molecule has 1 aromatic carbocycles. The molecule has 2 rings (SSSR count). The van der Waals surface area contributed by atoms with Crippen LogP contribution in [0.4, 0.5) is 4.39 Å². The Morgan fingerprint density at radius 1 is 1.30 bits per heavy atom. The van der Waals surface area contributed by atoms with Crippen molar-refractivity contribution in [2.24, 2.45) is 5.10 Å². The molecule has 0 amide bonds. The molecule has 0 unspecified atom stereocenters. The molecule has 0 saturated heterocycles. The van der Waals surface area contributed by atoms with Crippen LogP contribution < -0.4 is 10.7 Å². The monoisotopic (exact) mass is 293 g/mol. The average molecular weight is 293 g/mol. The van der Waals surface area contributed by atoms with Gasteiger partial charge in [0.25, 0.3) is 0 Å². The van der Waals surface area contributed by atoms with Crippen LogP contribution in [0.15, 0.2) is 29.4 Å². The van der Waals surface area contributed by atoms with E-state index in [4.69, 9.17) is 12.2 Å². The fourth-order valence-corrected chi connectivity index (χ4v) is 2.59. The molecule has 1 aliphatic rings. The summed E-state index contributed by atoms with van der Waals surface area (Å²) in [6, 6.07) is 6.81. The summed E-state index contributed by atoms with van der Waals surface area (Å²) in [7, 11) is 0. The van der Waals surface area contributed by atoms with Crippen LogP contribution >= 0.6 is 12.2 Å². The molecule has 1 saturated carbocycles. The molecular formula is C15H20FN3S. The molecule has 3 nitrogen and oxygen atoms in total. The summed E-state index contributed by atoms with van der Waals surface area (Å²) in [4.78, 5) is 0. The van der Waals surface area contributed by atoms with Crippen molar-refractivity contribution in [2.75, 3.05) is 0 Å². The number of benzene rings is 1. The third-order valence-corrected chi connectivity index (χ3v) is 3.72. The maximum Gasteiger partial charge on any atom is 0.187 e. The summed E-state index contributed by atoms with van der Waals surface area (Å²) in [6.07, 6.45) is 6.15. The minimum absolute atomic E-state index is 0.264. The number of nitrogens with zero attached hydrogens (tertiary/aromatic N) is 1. The van der Waals surface area contributed by atoms with Crippen molar-refractivity contribution in [1.29, 1.82) is 0 Å². The Kier molecular flexibility index (Phi) is 5.47. The third kappa shape index (κ3) is 4.56. The molecule has 1 fully saturated rings. The van der Waals surface area contributed by atoms with Crippen LogP contribution in [0.1, 0.15) is 44.6 Å². The molecular weight excluding hydrogens is 273 g/mol. The van der Waals surface area contributed by atoms with Gasteiger partial charge in [0.1, 0.15) is 5.82 Å². The lowest BCUT2D eigenvalue weighted by molar-refractivity contribution is 0.412. The largest absolute Gasteiger partial charge is 0.359 e. The Hall–Kier alpha value is -1.49. The van der Waals surface area contributed by atoms with Gasteiger partial charge in [0.15, 0.2) is 5.11 Å². The van der Waals surface area contributed by atoms with Crippen LogP contribution in [0.5, 0.6) is 0 Å². The predicted molar refractivity (Wildman–Crippen MR) is 84.4 cm³/mol. The molecule has 1 aromatic rings. The number of hydrogen-bond donors (Lipinski definition) is 2. The van der Waals surface area contributed by atoms with E-state index >= 15 is 0 Å². The topological polar surface area (TPSA) is 36.4 Å². The normalized spacial score (nSPS) is 16.8. The van der Waals surface area contributed by atoms with Crippen LogP contribution in [0.3, 0.4) is 0 Å². The lowest BCUT2D eigenvalue weighted by Crippen LogP contribution is -2.41. The summed E-state index contributed by atoms with van der Waals surface area (Å²) in [5, 5.41) is 8.01. The summed E-state index contributed by atoms with van der Waals surface area (Å²) < 4.78 is 13.1. The molecule has 0 aliphatic heterocycles. The van der Waals surface area contributed by atoms with Gasteiger partial charge in [-0.15, -0.1) is 0 Å². The second-order valence-electron chi connectivity index (χ2n) is 5.13. The molecule has 2 N–H and O–H groups in total. The Balaban J connectivity index is 1.86. The summed E-state index contributed by atoms with van der Waals surface area (Å²) in [5.74, 6) is -0.264. The molecule has 0 radical (unpaired) electrons. The SMILES string of the molecule is C/C(=N\NC(=S)NC1CCCCC1)c1cccc(F)c1. The first-order valence-corrected chi connectivity index (χ1v) is 7.43. The van der Waals surface area contributed by atoms with Crippen LogP contribution in [0, 0.1) is 5.82 Å². The van der Waals surface area contributed by atoms with Crippen molar-refractivity contribution in [2.45, 2.75) is 45.1 Å². The zero-order valence-corrected chi connectivity index (χ0v) is 12.5. The zero-order chi connectivity index (χ0) is 14.4. The minimum Gasteiger partial charge on any atom is -0.359 e. The number of rotatable bonds is 3. The van der Waals surface area contributed by atoms with Gasteiger partial charge in [-0.2, -0.15) is 5.10 Å². The van der Waals surface area contributed by atoms with E-state index < -0.39 is 0 Å². The highest BCUT2D eigenvalue weighted by molar-refractivity contribution is 7.80. The second kappa shape index (κ2) is 7.33. The molecule has 0 spiro atoms. The van der Waals surface area contributed by atoms with Crippen molar-refractivity contribution >= 4 is 23.0 Å². The van der Waals surface area contributed by atoms with E-state index in [1.54, 1.807) is 6.07 Å². The highest BCUT2D eigenvalue weighted by Gasteiger charge is 2.13. The summed E-state index contributed by atoms with van der Waals surface area (Å²) >= 11 is 5.23. The van der Waals surface area contributed by atoms with Gasteiger partial charge in [0.2, 0.25) is 0 Å². The fraction of sp³-hybridized carbons (Fsp3) is 0.467. The first kappa shape index (κ1) is 14.9. The van der Waals surface area contributed by atoms with Crippen LogP contribution in [0.2, 0.25) is 0 Å². The lowest BCUT2D eigenvalue weighted by Gasteiger charge is -2.23. The minimum atomic E-state index is -0.264. The van der Waals surface area contributed by atoms with Gasteiger partial charge >= 0.3 is 0 Å². The standard InChI is InChI=1S/C15H20FN3S/c1-11(12-6-5-7-13(16)10-12)18-19-15(20)17-14-8-3-2-4-9-14/h5-7,10,14H,2-4,8-9H2,1H3,(H2,17,19,20)/b18-11+. The Labute approximate surface area is 124 Å². The fourth-order valence-electron chi connectivity index (χ4n) is 2.38. The first-order valence-electron chi connectivity index (χ1n) is 7.02. The van der Waals surface area contributed by atoms with E-state index in [9.17, 15) is 4.39 Å². The Morgan fingerprint density at radius 3 is 2.75 bits per heavy atom. The molecule has 0 heterocycles. The summed E-state index contributed by atoms with van der Waals surface area (Å²) in [5.41, 5.74) is 4.29. The maximum absolute atomic E-state index is 13.1. The van der Waals surface area contributed by atoms with E-state index in [1.165, 1.54) is 31.4 Å². The van der Waals surface area contributed by atoms with Gasteiger partial charge in [-0.1, -0.05) is 31.4 Å². The van der Waals surface area contributed by atoms with E-state index in [2.05, 4.69) is 15.8 Å².